The van der Waals surface area contributed by atoms with Crippen molar-refractivity contribution in [2.45, 2.75) is 19.3 Å². The van der Waals surface area contributed by atoms with Crippen molar-refractivity contribution in [2.75, 3.05) is 26.2 Å². The summed E-state index contributed by atoms with van der Waals surface area (Å²) in [4.78, 5) is 28.9. The molecule has 0 N–H and O–H groups in total. The molecule has 0 saturated carbocycles. The molecule has 0 bridgehead atoms. The fourth-order valence-electron chi connectivity index (χ4n) is 3.24. The molecule has 0 aromatic heterocycles. The zero-order chi connectivity index (χ0) is 18.4. The molecule has 1 heterocycles. The van der Waals surface area contributed by atoms with Crippen LogP contribution in [0.3, 0.4) is 0 Å². The third-order valence-electron chi connectivity index (χ3n) is 4.67. The summed E-state index contributed by atoms with van der Waals surface area (Å²) in [5.41, 5.74) is 1.87. The summed E-state index contributed by atoms with van der Waals surface area (Å²) in [5.74, 6) is 0.216. The average Bonchev–Trinajstić information content (AvgIpc) is 2.92. The Balaban J connectivity index is 1.53. The number of rotatable bonds is 4. The maximum atomic E-state index is 12.6. The number of carbonyl (C=O) groups is 2. The predicted octanol–water partition coefficient (Wildman–Crippen LogP) is 3.76. The molecule has 4 nitrogen and oxygen atoms in total. The summed E-state index contributed by atoms with van der Waals surface area (Å²) in [6.45, 7) is 2.62. The Morgan fingerprint density at radius 3 is 2.38 bits per heavy atom. The van der Waals surface area contributed by atoms with Gasteiger partial charge in [0.1, 0.15) is 0 Å². The van der Waals surface area contributed by atoms with Gasteiger partial charge >= 0.3 is 0 Å². The first-order chi connectivity index (χ1) is 12.6. The quantitative estimate of drug-likeness (QED) is 0.763. The summed E-state index contributed by atoms with van der Waals surface area (Å²) in [5, 5.41) is 0. The number of benzene rings is 2. The third-order valence-corrected chi connectivity index (χ3v) is 5.17. The highest BCUT2D eigenvalue weighted by molar-refractivity contribution is 9.10. The maximum absolute atomic E-state index is 12.6. The minimum atomic E-state index is 0.0500. The number of nitrogens with zero attached hydrogens (tertiary/aromatic N) is 2. The van der Waals surface area contributed by atoms with Crippen molar-refractivity contribution in [1.82, 2.24) is 9.80 Å². The smallest absolute Gasteiger partial charge is 0.253 e. The number of aryl methyl sites for hydroxylation is 1. The van der Waals surface area contributed by atoms with Crippen molar-refractivity contribution in [3.8, 4) is 0 Å². The van der Waals surface area contributed by atoms with Gasteiger partial charge in [0.25, 0.3) is 5.91 Å². The molecule has 1 fully saturated rings. The van der Waals surface area contributed by atoms with Gasteiger partial charge in [-0.05, 0) is 42.7 Å². The van der Waals surface area contributed by atoms with E-state index in [1.807, 2.05) is 58.3 Å². The van der Waals surface area contributed by atoms with E-state index < -0.39 is 0 Å². The van der Waals surface area contributed by atoms with E-state index in [4.69, 9.17) is 0 Å². The lowest BCUT2D eigenvalue weighted by atomic mass is 10.1. The number of amides is 2. The van der Waals surface area contributed by atoms with Crippen LogP contribution < -0.4 is 0 Å². The first-order valence-corrected chi connectivity index (χ1v) is 9.79. The van der Waals surface area contributed by atoms with Crippen LogP contribution in [0.2, 0.25) is 0 Å². The SMILES string of the molecule is O=C(CCc1cccc(Br)c1)N1CCCN(C(=O)c2ccccc2)CC1. The van der Waals surface area contributed by atoms with Gasteiger partial charge in [-0.3, -0.25) is 9.59 Å². The zero-order valence-electron chi connectivity index (χ0n) is 14.7. The van der Waals surface area contributed by atoms with E-state index in [1.54, 1.807) is 0 Å². The van der Waals surface area contributed by atoms with E-state index in [0.717, 1.165) is 29.4 Å². The molecule has 0 radical (unpaired) electrons. The second kappa shape index (κ2) is 8.99. The van der Waals surface area contributed by atoms with E-state index in [2.05, 4.69) is 22.0 Å². The van der Waals surface area contributed by atoms with Crippen LogP contribution in [0.15, 0.2) is 59.1 Å². The van der Waals surface area contributed by atoms with Gasteiger partial charge in [-0.1, -0.05) is 46.3 Å². The highest BCUT2D eigenvalue weighted by Crippen LogP contribution is 2.15. The van der Waals surface area contributed by atoms with E-state index in [1.165, 1.54) is 0 Å². The van der Waals surface area contributed by atoms with Crippen LogP contribution in [0.5, 0.6) is 0 Å². The highest BCUT2D eigenvalue weighted by Gasteiger charge is 2.22. The molecule has 0 aliphatic carbocycles. The van der Waals surface area contributed by atoms with Crippen molar-refractivity contribution in [1.29, 1.82) is 0 Å². The molecule has 0 spiro atoms. The van der Waals surface area contributed by atoms with Gasteiger partial charge in [-0.2, -0.15) is 0 Å². The monoisotopic (exact) mass is 414 g/mol. The Morgan fingerprint density at radius 2 is 1.62 bits per heavy atom. The summed E-state index contributed by atoms with van der Waals surface area (Å²) in [6.07, 6.45) is 2.06. The number of hydrogen-bond donors (Lipinski definition) is 0. The molecule has 0 atom stereocenters. The molecule has 0 unspecified atom stereocenters. The van der Waals surface area contributed by atoms with Crippen LogP contribution >= 0.6 is 15.9 Å². The Bertz CT molecular complexity index is 764. The van der Waals surface area contributed by atoms with E-state index in [9.17, 15) is 9.59 Å². The van der Waals surface area contributed by atoms with Crippen LogP contribution in [-0.4, -0.2) is 47.8 Å². The van der Waals surface area contributed by atoms with Crippen LogP contribution in [0.25, 0.3) is 0 Å². The summed E-state index contributed by atoms with van der Waals surface area (Å²) in [7, 11) is 0. The van der Waals surface area contributed by atoms with Gasteiger partial charge in [0.05, 0.1) is 0 Å². The van der Waals surface area contributed by atoms with Gasteiger partial charge < -0.3 is 9.80 Å². The minimum Gasteiger partial charge on any atom is -0.341 e. The second-order valence-corrected chi connectivity index (χ2v) is 7.44. The summed E-state index contributed by atoms with van der Waals surface area (Å²) in [6, 6.07) is 17.4. The lowest BCUT2D eigenvalue weighted by Gasteiger charge is -2.22. The molecule has 1 aliphatic rings. The standard InChI is InChI=1S/C21H23BrN2O2/c22-19-9-4-6-17(16-19)10-11-20(25)23-12-5-13-24(15-14-23)21(26)18-7-2-1-3-8-18/h1-4,6-9,16H,5,10-15H2. The Kier molecular flexibility index (Phi) is 6.45. The zero-order valence-corrected chi connectivity index (χ0v) is 16.3. The normalized spacial score (nSPS) is 14.8. The van der Waals surface area contributed by atoms with Gasteiger partial charge in [0.2, 0.25) is 5.91 Å². The van der Waals surface area contributed by atoms with E-state index in [-0.39, 0.29) is 11.8 Å². The van der Waals surface area contributed by atoms with Gasteiger partial charge in [0, 0.05) is 42.6 Å². The highest BCUT2D eigenvalue weighted by atomic mass is 79.9. The lowest BCUT2D eigenvalue weighted by molar-refractivity contribution is -0.131. The number of carbonyl (C=O) groups excluding carboxylic acids is 2. The summed E-state index contributed by atoms with van der Waals surface area (Å²) < 4.78 is 1.03. The molecule has 5 heteroatoms. The molecule has 2 aromatic rings. The molecule has 3 rings (SSSR count). The largest absolute Gasteiger partial charge is 0.341 e. The third kappa shape index (κ3) is 4.94. The molecule has 136 valence electrons. The molecule has 26 heavy (non-hydrogen) atoms. The fourth-order valence-corrected chi connectivity index (χ4v) is 3.68. The van der Waals surface area contributed by atoms with Gasteiger partial charge in [-0.15, -0.1) is 0 Å². The Morgan fingerprint density at radius 1 is 0.885 bits per heavy atom. The van der Waals surface area contributed by atoms with Crippen LogP contribution in [0.4, 0.5) is 0 Å². The van der Waals surface area contributed by atoms with Crippen LogP contribution in [0.1, 0.15) is 28.8 Å². The van der Waals surface area contributed by atoms with Crippen molar-refractivity contribution in [3.63, 3.8) is 0 Å². The molecule has 2 aromatic carbocycles. The maximum Gasteiger partial charge on any atom is 0.253 e. The first-order valence-electron chi connectivity index (χ1n) is 9.00. The topological polar surface area (TPSA) is 40.6 Å². The first kappa shape index (κ1) is 18.6. The van der Waals surface area contributed by atoms with E-state index in [0.29, 0.717) is 31.6 Å². The number of halogens is 1. The van der Waals surface area contributed by atoms with Crippen molar-refractivity contribution < 1.29 is 9.59 Å². The van der Waals surface area contributed by atoms with Crippen LogP contribution in [0, 0.1) is 0 Å². The lowest BCUT2D eigenvalue weighted by Crippen LogP contribution is -2.37. The van der Waals surface area contributed by atoms with Gasteiger partial charge in [0.15, 0.2) is 0 Å². The average molecular weight is 415 g/mol. The Labute approximate surface area is 162 Å². The van der Waals surface area contributed by atoms with Crippen LogP contribution in [-0.2, 0) is 11.2 Å². The number of hydrogen-bond acceptors (Lipinski definition) is 2. The van der Waals surface area contributed by atoms with E-state index >= 15 is 0 Å². The van der Waals surface area contributed by atoms with Crippen molar-refractivity contribution in [3.05, 3.63) is 70.2 Å². The molecule has 1 saturated heterocycles. The minimum absolute atomic E-state index is 0.0500. The molecule has 1 aliphatic heterocycles. The second-order valence-electron chi connectivity index (χ2n) is 6.52. The van der Waals surface area contributed by atoms with Crippen molar-refractivity contribution in [2.24, 2.45) is 0 Å². The summed E-state index contributed by atoms with van der Waals surface area (Å²) >= 11 is 3.46. The fraction of sp³-hybridized carbons (Fsp3) is 0.333. The van der Waals surface area contributed by atoms with Gasteiger partial charge in [-0.25, -0.2) is 0 Å². The molecule has 2 amide bonds. The van der Waals surface area contributed by atoms with Crippen molar-refractivity contribution >= 4 is 27.7 Å². The molecular formula is C21H23BrN2O2. The predicted molar refractivity (Wildman–Crippen MR) is 106 cm³/mol. The molecular weight excluding hydrogens is 392 g/mol. The Hall–Kier alpha value is -2.14.